The number of aromatic nitrogens is 4. The van der Waals surface area contributed by atoms with Crippen LogP contribution in [-0.4, -0.2) is 40.1 Å². The van der Waals surface area contributed by atoms with Crippen molar-refractivity contribution in [2.75, 3.05) is 24.6 Å². The lowest BCUT2D eigenvalue weighted by Crippen LogP contribution is -2.38. The van der Waals surface area contributed by atoms with E-state index >= 15 is 0 Å². The van der Waals surface area contributed by atoms with Gasteiger partial charge in [-0.1, -0.05) is 24.3 Å². The predicted molar refractivity (Wildman–Crippen MR) is 87.0 cm³/mol. The molecule has 6 heteroatoms. The second kappa shape index (κ2) is 6.18. The molecule has 3 heterocycles. The molecule has 6 nitrogen and oxygen atoms in total. The van der Waals surface area contributed by atoms with E-state index in [1.807, 2.05) is 30.3 Å². The van der Waals surface area contributed by atoms with Crippen LogP contribution < -0.4 is 4.90 Å². The molecular weight excluding hydrogens is 290 g/mol. The summed E-state index contributed by atoms with van der Waals surface area (Å²) in [7, 11) is 0. The molecule has 1 atom stereocenters. The van der Waals surface area contributed by atoms with E-state index in [0.29, 0.717) is 6.61 Å². The summed E-state index contributed by atoms with van der Waals surface area (Å²) in [5.41, 5.74) is 4.03. The van der Waals surface area contributed by atoms with Crippen LogP contribution in [0.15, 0.2) is 54.9 Å². The van der Waals surface area contributed by atoms with Crippen LogP contribution in [0.25, 0.3) is 11.3 Å². The Morgan fingerprint density at radius 1 is 1.13 bits per heavy atom. The summed E-state index contributed by atoms with van der Waals surface area (Å²) >= 11 is 0. The molecule has 1 unspecified atom stereocenters. The predicted octanol–water partition coefficient (Wildman–Crippen LogP) is 2.44. The van der Waals surface area contributed by atoms with E-state index in [9.17, 15) is 0 Å². The van der Waals surface area contributed by atoms with Gasteiger partial charge in [-0.2, -0.15) is 15.4 Å². The summed E-state index contributed by atoms with van der Waals surface area (Å²) in [6.07, 6.45) is 3.53. The fourth-order valence-electron chi connectivity index (χ4n) is 2.91. The molecule has 1 aliphatic heterocycles. The Morgan fingerprint density at radius 2 is 2.04 bits per heavy atom. The maximum atomic E-state index is 5.91. The van der Waals surface area contributed by atoms with Gasteiger partial charge in [0.2, 0.25) is 0 Å². The van der Waals surface area contributed by atoms with Crippen molar-refractivity contribution in [2.24, 2.45) is 0 Å². The van der Waals surface area contributed by atoms with E-state index < -0.39 is 0 Å². The first-order chi connectivity index (χ1) is 11.4. The van der Waals surface area contributed by atoms with Gasteiger partial charge in [0, 0.05) is 30.5 Å². The van der Waals surface area contributed by atoms with E-state index in [-0.39, 0.29) is 6.10 Å². The first-order valence-electron chi connectivity index (χ1n) is 7.64. The molecule has 1 aromatic carbocycles. The lowest BCUT2D eigenvalue weighted by molar-refractivity contribution is 0.0371. The lowest BCUT2D eigenvalue weighted by atomic mass is 10.1. The van der Waals surface area contributed by atoms with Crippen molar-refractivity contribution in [1.82, 2.24) is 20.4 Å². The molecule has 1 N–H and O–H groups in total. The molecule has 0 bridgehead atoms. The summed E-state index contributed by atoms with van der Waals surface area (Å²) in [4.78, 5) is 6.75. The maximum absolute atomic E-state index is 5.91. The van der Waals surface area contributed by atoms with Crippen molar-refractivity contribution < 1.29 is 4.74 Å². The topological polar surface area (TPSA) is 66.9 Å². The molecule has 1 fully saturated rings. The Hall–Kier alpha value is -2.73. The number of nitrogens with one attached hydrogen (secondary N) is 1. The van der Waals surface area contributed by atoms with Crippen LogP contribution >= 0.6 is 0 Å². The molecule has 1 saturated heterocycles. The number of ether oxygens (including phenoxy) is 1. The number of anilines is 1. The third kappa shape index (κ3) is 2.80. The highest BCUT2D eigenvalue weighted by atomic mass is 16.5. The van der Waals surface area contributed by atoms with Gasteiger partial charge in [0.05, 0.1) is 18.5 Å². The van der Waals surface area contributed by atoms with Crippen molar-refractivity contribution in [2.45, 2.75) is 6.10 Å². The van der Waals surface area contributed by atoms with Gasteiger partial charge in [-0.15, -0.1) is 0 Å². The van der Waals surface area contributed by atoms with Gasteiger partial charge in [-0.25, -0.2) is 0 Å². The summed E-state index contributed by atoms with van der Waals surface area (Å²) in [5, 5.41) is 10.8. The van der Waals surface area contributed by atoms with Crippen LogP contribution in [0.1, 0.15) is 11.8 Å². The molecule has 3 aromatic rings. The molecule has 0 saturated carbocycles. The molecular formula is C17H17N5O. The van der Waals surface area contributed by atoms with Gasteiger partial charge >= 0.3 is 0 Å². The van der Waals surface area contributed by atoms with Gasteiger partial charge in [0.15, 0.2) is 0 Å². The monoisotopic (exact) mass is 307 g/mol. The van der Waals surface area contributed by atoms with E-state index in [1.54, 1.807) is 12.4 Å². The first-order valence-corrected chi connectivity index (χ1v) is 7.64. The highest BCUT2D eigenvalue weighted by Crippen LogP contribution is 2.32. The maximum Gasteiger partial charge on any atom is 0.117 e. The average molecular weight is 307 g/mol. The van der Waals surface area contributed by atoms with Gasteiger partial charge in [-0.3, -0.25) is 4.98 Å². The van der Waals surface area contributed by atoms with E-state index in [1.165, 1.54) is 0 Å². The van der Waals surface area contributed by atoms with Gasteiger partial charge in [0.25, 0.3) is 0 Å². The molecule has 4 rings (SSSR count). The number of hydrogen-bond acceptors (Lipinski definition) is 5. The van der Waals surface area contributed by atoms with E-state index in [0.717, 1.165) is 35.7 Å². The Labute approximate surface area is 134 Å². The van der Waals surface area contributed by atoms with Gasteiger partial charge in [0.1, 0.15) is 11.8 Å². The number of para-hydroxylation sites is 1. The molecule has 23 heavy (non-hydrogen) atoms. The Bertz CT molecular complexity index is 760. The molecule has 0 aliphatic carbocycles. The normalized spacial score (nSPS) is 18.1. The van der Waals surface area contributed by atoms with Crippen LogP contribution in [0, 0.1) is 0 Å². The number of H-pyrrole nitrogens is 1. The van der Waals surface area contributed by atoms with E-state index in [4.69, 9.17) is 4.74 Å². The minimum absolute atomic E-state index is 0.0182. The summed E-state index contributed by atoms with van der Waals surface area (Å²) in [5.74, 6) is 0. The van der Waals surface area contributed by atoms with Crippen molar-refractivity contribution in [3.05, 3.63) is 60.6 Å². The number of nitrogens with zero attached hydrogens (tertiary/aromatic N) is 4. The smallest absolute Gasteiger partial charge is 0.117 e. The number of hydrogen-bond donors (Lipinski definition) is 1. The molecule has 2 aromatic heterocycles. The fraction of sp³-hybridized carbons (Fsp3) is 0.235. The quantitative estimate of drug-likeness (QED) is 0.805. The SMILES string of the molecule is c1ccc(C2CN(c3ccccc3-c3cn[nH]n3)CCO2)nc1. The largest absolute Gasteiger partial charge is 0.368 e. The Kier molecular flexibility index (Phi) is 3.73. The minimum Gasteiger partial charge on any atom is -0.368 e. The van der Waals surface area contributed by atoms with Gasteiger partial charge in [-0.05, 0) is 18.2 Å². The minimum atomic E-state index is -0.0182. The standard InChI is InChI=1S/C17H17N5O/c1-2-7-16(13(5-1)15-11-19-21-20-15)22-9-10-23-17(12-22)14-6-3-4-8-18-14/h1-8,11,17H,9-10,12H2,(H,19,20,21). The van der Waals surface area contributed by atoms with Crippen molar-refractivity contribution in [1.29, 1.82) is 0 Å². The van der Waals surface area contributed by atoms with Crippen molar-refractivity contribution in [3.8, 4) is 11.3 Å². The number of pyridine rings is 1. The second-order valence-electron chi connectivity index (χ2n) is 5.43. The highest BCUT2D eigenvalue weighted by molar-refractivity contribution is 5.76. The Morgan fingerprint density at radius 3 is 2.87 bits per heavy atom. The third-order valence-corrected chi connectivity index (χ3v) is 4.02. The van der Waals surface area contributed by atoms with Crippen LogP contribution in [0.5, 0.6) is 0 Å². The third-order valence-electron chi connectivity index (χ3n) is 4.02. The molecule has 116 valence electrons. The summed E-state index contributed by atoms with van der Waals surface area (Å²) in [6.45, 7) is 2.29. The zero-order chi connectivity index (χ0) is 15.5. The first kappa shape index (κ1) is 13.9. The molecule has 0 radical (unpaired) electrons. The van der Waals surface area contributed by atoms with Crippen LogP contribution in [0.4, 0.5) is 5.69 Å². The van der Waals surface area contributed by atoms with Crippen LogP contribution in [-0.2, 0) is 4.74 Å². The molecule has 1 aliphatic rings. The van der Waals surface area contributed by atoms with Crippen molar-refractivity contribution in [3.63, 3.8) is 0 Å². The summed E-state index contributed by atoms with van der Waals surface area (Å²) < 4.78 is 5.91. The van der Waals surface area contributed by atoms with Gasteiger partial charge < -0.3 is 9.64 Å². The lowest BCUT2D eigenvalue weighted by Gasteiger charge is -2.35. The molecule has 0 spiro atoms. The van der Waals surface area contributed by atoms with Crippen molar-refractivity contribution >= 4 is 5.69 Å². The summed E-state index contributed by atoms with van der Waals surface area (Å²) in [6, 6.07) is 14.2. The van der Waals surface area contributed by atoms with E-state index in [2.05, 4.69) is 37.4 Å². The average Bonchev–Trinajstić information content (AvgIpc) is 3.17. The highest BCUT2D eigenvalue weighted by Gasteiger charge is 2.24. The second-order valence-corrected chi connectivity index (χ2v) is 5.43. The Balaban J connectivity index is 1.64. The fourth-order valence-corrected chi connectivity index (χ4v) is 2.91. The number of rotatable bonds is 3. The zero-order valence-corrected chi connectivity index (χ0v) is 12.6. The number of morpholine rings is 1. The number of benzene rings is 1. The molecule has 0 amide bonds. The van der Waals surface area contributed by atoms with Crippen LogP contribution in [0.3, 0.4) is 0 Å². The number of aromatic amines is 1. The zero-order valence-electron chi connectivity index (χ0n) is 12.6. The van der Waals surface area contributed by atoms with Crippen LogP contribution in [0.2, 0.25) is 0 Å².